The van der Waals surface area contributed by atoms with E-state index in [4.69, 9.17) is 9.47 Å². The molecule has 1 aromatic carbocycles. The lowest BCUT2D eigenvalue weighted by Crippen LogP contribution is -2.26. The molecule has 1 rings (SSSR count). The number of carbonyl (C=O) groups excluding carboxylic acids is 1. The number of carbonyl (C=O) groups is 1. The minimum atomic E-state index is -0.533. The van der Waals surface area contributed by atoms with Gasteiger partial charge < -0.3 is 14.6 Å². The molecule has 0 aliphatic rings. The number of aliphatic hydroxyl groups is 1. The summed E-state index contributed by atoms with van der Waals surface area (Å²) in [6.07, 6.45) is -0.897. The van der Waals surface area contributed by atoms with Crippen molar-refractivity contribution in [2.45, 2.75) is 25.6 Å². The van der Waals surface area contributed by atoms with Crippen LogP contribution in [-0.4, -0.2) is 37.1 Å². The minimum Gasteiger partial charge on any atom is -0.447 e. The molecule has 0 saturated carbocycles. The second-order valence-electron chi connectivity index (χ2n) is 4.03. The molecule has 0 bridgehead atoms. The second-order valence-corrected chi connectivity index (χ2v) is 4.03. The molecule has 2 unspecified atom stereocenters. The molecule has 100 valence electrons. The number of para-hydroxylation sites is 1. The van der Waals surface area contributed by atoms with E-state index in [9.17, 15) is 9.90 Å². The molecule has 1 amide bonds. The highest BCUT2D eigenvalue weighted by atomic mass is 16.6. The number of anilines is 1. The third-order valence-corrected chi connectivity index (χ3v) is 2.36. The summed E-state index contributed by atoms with van der Waals surface area (Å²) in [5.74, 6) is 0. The van der Waals surface area contributed by atoms with E-state index in [0.717, 1.165) is 0 Å². The van der Waals surface area contributed by atoms with E-state index in [-0.39, 0.29) is 12.7 Å². The fraction of sp³-hybridized carbons (Fsp3) is 0.462. The van der Waals surface area contributed by atoms with Crippen LogP contribution in [0.25, 0.3) is 0 Å². The summed E-state index contributed by atoms with van der Waals surface area (Å²) in [6.45, 7) is 1.77. The molecule has 2 N–H and O–H groups in total. The molecule has 2 atom stereocenters. The van der Waals surface area contributed by atoms with Crippen molar-refractivity contribution in [3.63, 3.8) is 0 Å². The summed E-state index contributed by atoms with van der Waals surface area (Å²) in [7, 11) is 1.52. The Bertz CT molecular complexity index is 353. The van der Waals surface area contributed by atoms with Crippen LogP contribution in [0, 0.1) is 0 Å². The predicted octanol–water partition coefficient (Wildman–Crippen LogP) is 2.02. The first-order chi connectivity index (χ1) is 8.61. The van der Waals surface area contributed by atoms with Gasteiger partial charge in [0.1, 0.15) is 6.61 Å². The van der Waals surface area contributed by atoms with Crippen LogP contribution < -0.4 is 5.32 Å². The van der Waals surface area contributed by atoms with E-state index in [1.807, 2.05) is 18.2 Å². The summed E-state index contributed by atoms with van der Waals surface area (Å²) >= 11 is 0. The summed E-state index contributed by atoms with van der Waals surface area (Å²) in [4.78, 5) is 11.5. The maximum absolute atomic E-state index is 11.5. The molecule has 1 aromatic rings. The maximum Gasteiger partial charge on any atom is 0.411 e. The number of rotatable bonds is 6. The number of methoxy groups -OCH3 is 1. The van der Waals surface area contributed by atoms with Crippen LogP contribution in [0.4, 0.5) is 10.5 Å². The predicted molar refractivity (Wildman–Crippen MR) is 68.5 cm³/mol. The number of nitrogens with one attached hydrogen (secondary N) is 1. The second kappa shape index (κ2) is 7.68. The SMILES string of the molecule is COC(COC(=O)Nc1ccccc1)CC(C)O. The first kappa shape index (κ1) is 14.5. The number of benzene rings is 1. The molecular formula is C13H19NO4. The molecule has 18 heavy (non-hydrogen) atoms. The standard InChI is InChI=1S/C13H19NO4/c1-10(15)8-12(17-2)9-18-13(16)14-11-6-4-3-5-7-11/h3-7,10,12,15H,8-9H2,1-2H3,(H,14,16). The first-order valence-corrected chi connectivity index (χ1v) is 5.81. The summed E-state index contributed by atoms with van der Waals surface area (Å²) < 4.78 is 10.1. The van der Waals surface area contributed by atoms with Gasteiger partial charge in [0, 0.05) is 19.2 Å². The monoisotopic (exact) mass is 253 g/mol. The van der Waals surface area contributed by atoms with Crippen molar-refractivity contribution in [1.29, 1.82) is 0 Å². The van der Waals surface area contributed by atoms with Crippen molar-refractivity contribution in [2.24, 2.45) is 0 Å². The molecule has 0 saturated heterocycles. The average molecular weight is 253 g/mol. The van der Waals surface area contributed by atoms with Gasteiger partial charge in [0.05, 0.1) is 12.2 Å². The summed E-state index contributed by atoms with van der Waals surface area (Å²) in [5.41, 5.74) is 0.673. The zero-order valence-electron chi connectivity index (χ0n) is 10.6. The van der Waals surface area contributed by atoms with Crippen LogP contribution in [-0.2, 0) is 9.47 Å². The van der Waals surface area contributed by atoms with E-state index >= 15 is 0 Å². The lowest BCUT2D eigenvalue weighted by atomic mass is 10.2. The Morgan fingerprint density at radius 1 is 1.39 bits per heavy atom. The number of hydrogen-bond acceptors (Lipinski definition) is 4. The van der Waals surface area contributed by atoms with E-state index in [1.54, 1.807) is 19.1 Å². The lowest BCUT2D eigenvalue weighted by molar-refractivity contribution is 0.00898. The number of aliphatic hydroxyl groups excluding tert-OH is 1. The van der Waals surface area contributed by atoms with E-state index < -0.39 is 12.2 Å². The number of hydrogen-bond donors (Lipinski definition) is 2. The maximum atomic E-state index is 11.5. The van der Waals surface area contributed by atoms with E-state index in [1.165, 1.54) is 7.11 Å². The normalized spacial score (nSPS) is 13.7. The highest BCUT2D eigenvalue weighted by Gasteiger charge is 2.13. The summed E-state index contributed by atoms with van der Waals surface area (Å²) in [5, 5.41) is 11.8. The topological polar surface area (TPSA) is 67.8 Å². The molecule has 0 aliphatic carbocycles. The Morgan fingerprint density at radius 2 is 2.06 bits per heavy atom. The molecular weight excluding hydrogens is 234 g/mol. The third-order valence-electron chi connectivity index (χ3n) is 2.36. The fourth-order valence-corrected chi connectivity index (χ4v) is 1.46. The van der Waals surface area contributed by atoms with Gasteiger partial charge in [-0.2, -0.15) is 0 Å². The Hall–Kier alpha value is -1.59. The van der Waals surface area contributed by atoms with Crippen molar-refractivity contribution in [3.05, 3.63) is 30.3 Å². The Morgan fingerprint density at radius 3 is 2.61 bits per heavy atom. The van der Waals surface area contributed by atoms with Crippen molar-refractivity contribution >= 4 is 11.8 Å². The Labute approximate surface area is 107 Å². The minimum absolute atomic E-state index is 0.111. The largest absolute Gasteiger partial charge is 0.447 e. The lowest BCUT2D eigenvalue weighted by Gasteiger charge is -2.17. The van der Waals surface area contributed by atoms with Gasteiger partial charge in [-0.25, -0.2) is 4.79 Å². The van der Waals surface area contributed by atoms with Crippen molar-refractivity contribution in [3.8, 4) is 0 Å². The van der Waals surface area contributed by atoms with Gasteiger partial charge in [-0.15, -0.1) is 0 Å². The average Bonchev–Trinajstić information content (AvgIpc) is 2.35. The quantitative estimate of drug-likeness (QED) is 0.814. The Balaban J connectivity index is 2.32. The molecule has 5 nitrogen and oxygen atoms in total. The number of amides is 1. The van der Waals surface area contributed by atoms with Crippen LogP contribution in [0.15, 0.2) is 30.3 Å². The van der Waals surface area contributed by atoms with Gasteiger partial charge >= 0.3 is 6.09 Å². The van der Waals surface area contributed by atoms with Crippen LogP contribution >= 0.6 is 0 Å². The van der Waals surface area contributed by atoms with Crippen LogP contribution in [0.5, 0.6) is 0 Å². The molecule has 0 aliphatic heterocycles. The van der Waals surface area contributed by atoms with E-state index in [2.05, 4.69) is 5.32 Å². The number of ether oxygens (including phenoxy) is 2. The highest BCUT2D eigenvalue weighted by Crippen LogP contribution is 2.07. The van der Waals surface area contributed by atoms with Crippen molar-refractivity contribution in [1.82, 2.24) is 0 Å². The zero-order chi connectivity index (χ0) is 13.4. The van der Waals surface area contributed by atoms with Crippen molar-refractivity contribution < 1.29 is 19.4 Å². The van der Waals surface area contributed by atoms with Gasteiger partial charge in [-0.1, -0.05) is 18.2 Å². The van der Waals surface area contributed by atoms with Crippen LogP contribution in [0.2, 0.25) is 0 Å². The van der Waals surface area contributed by atoms with Gasteiger partial charge in [0.25, 0.3) is 0 Å². The van der Waals surface area contributed by atoms with E-state index in [0.29, 0.717) is 12.1 Å². The van der Waals surface area contributed by atoms with Crippen LogP contribution in [0.3, 0.4) is 0 Å². The van der Waals surface area contributed by atoms with Gasteiger partial charge in [-0.05, 0) is 19.1 Å². The van der Waals surface area contributed by atoms with Gasteiger partial charge in [0.15, 0.2) is 0 Å². The van der Waals surface area contributed by atoms with Crippen LogP contribution in [0.1, 0.15) is 13.3 Å². The molecule has 0 aromatic heterocycles. The van der Waals surface area contributed by atoms with Gasteiger partial charge in [-0.3, -0.25) is 5.32 Å². The smallest absolute Gasteiger partial charge is 0.411 e. The van der Waals surface area contributed by atoms with Gasteiger partial charge in [0.2, 0.25) is 0 Å². The first-order valence-electron chi connectivity index (χ1n) is 5.81. The summed E-state index contributed by atoms with van der Waals surface area (Å²) in [6, 6.07) is 9.04. The molecule has 0 spiro atoms. The molecule has 5 heteroatoms. The molecule has 0 fully saturated rings. The fourth-order valence-electron chi connectivity index (χ4n) is 1.46. The highest BCUT2D eigenvalue weighted by molar-refractivity contribution is 5.84. The zero-order valence-corrected chi connectivity index (χ0v) is 10.6. The molecule has 0 heterocycles. The molecule has 0 radical (unpaired) electrons. The third kappa shape index (κ3) is 5.65. The Kier molecular flexibility index (Phi) is 6.18. The van der Waals surface area contributed by atoms with Crippen molar-refractivity contribution in [2.75, 3.05) is 19.0 Å².